The first-order valence-electron chi connectivity index (χ1n) is 3.50. The summed E-state index contributed by atoms with van der Waals surface area (Å²) in [6.45, 7) is 3.79. The van der Waals surface area contributed by atoms with Crippen molar-refractivity contribution in [3.8, 4) is 0 Å². The monoisotopic (exact) mass is 167 g/mol. The highest BCUT2D eigenvalue weighted by Crippen LogP contribution is 2.24. The van der Waals surface area contributed by atoms with Gasteiger partial charge < -0.3 is 11.5 Å². The van der Waals surface area contributed by atoms with Crippen molar-refractivity contribution in [2.45, 2.75) is 0 Å². The van der Waals surface area contributed by atoms with Gasteiger partial charge in [-0.3, -0.25) is 10.0 Å². The maximum Gasteiger partial charge on any atom is 0.174 e. The summed E-state index contributed by atoms with van der Waals surface area (Å²) in [5, 5.41) is 3.58. The van der Waals surface area contributed by atoms with Crippen molar-refractivity contribution in [3.05, 3.63) is 23.8 Å². The van der Waals surface area contributed by atoms with Crippen LogP contribution in [0.1, 0.15) is 0 Å². The summed E-state index contributed by atoms with van der Waals surface area (Å²) in [5.41, 5.74) is 12.2. The van der Waals surface area contributed by atoms with Crippen molar-refractivity contribution in [1.29, 1.82) is 0 Å². The van der Waals surface area contributed by atoms with E-state index in [-0.39, 0.29) is 0 Å². The Bertz CT molecular complexity index is 265. The molecule has 1 aliphatic rings. The summed E-state index contributed by atoms with van der Waals surface area (Å²) in [7, 11) is 3.70. The number of hydrazine groups is 1. The third-order valence-corrected chi connectivity index (χ3v) is 1.90. The van der Waals surface area contributed by atoms with Crippen LogP contribution in [0.2, 0.25) is 0 Å². The van der Waals surface area contributed by atoms with Crippen molar-refractivity contribution < 1.29 is 0 Å². The highest BCUT2D eigenvalue weighted by molar-refractivity contribution is 5.54. The van der Waals surface area contributed by atoms with Gasteiger partial charge in [-0.25, -0.2) is 4.99 Å². The van der Waals surface area contributed by atoms with Crippen LogP contribution in [0, 0.1) is 0 Å². The van der Waals surface area contributed by atoms with E-state index in [1.54, 1.807) is 10.0 Å². The summed E-state index contributed by atoms with van der Waals surface area (Å²) < 4.78 is 0. The van der Waals surface area contributed by atoms with Gasteiger partial charge in [0.2, 0.25) is 0 Å². The lowest BCUT2D eigenvalue weighted by Crippen LogP contribution is -2.28. The summed E-state index contributed by atoms with van der Waals surface area (Å²) in [6.07, 6.45) is 1.21. The molecule has 0 aromatic rings. The van der Waals surface area contributed by atoms with Gasteiger partial charge in [0.1, 0.15) is 5.70 Å². The molecule has 0 spiro atoms. The number of hydrogen-bond acceptors (Lipinski definition) is 4. The van der Waals surface area contributed by atoms with E-state index in [9.17, 15) is 0 Å². The molecule has 0 aromatic heterocycles. The van der Waals surface area contributed by atoms with Gasteiger partial charge in [0.05, 0.1) is 12.0 Å². The van der Waals surface area contributed by atoms with E-state index in [0.717, 1.165) is 5.70 Å². The lowest BCUT2D eigenvalue weighted by atomic mass is 10.4. The molecule has 66 valence electrons. The molecule has 4 N–H and O–H groups in total. The van der Waals surface area contributed by atoms with E-state index >= 15 is 0 Å². The van der Waals surface area contributed by atoms with E-state index in [1.165, 1.54) is 6.34 Å². The Morgan fingerprint density at radius 2 is 2.00 bits per heavy atom. The zero-order valence-corrected chi connectivity index (χ0v) is 7.28. The fourth-order valence-corrected chi connectivity index (χ4v) is 1.02. The molecule has 0 atom stereocenters. The third-order valence-electron chi connectivity index (χ3n) is 1.90. The topological polar surface area (TPSA) is 70.9 Å². The van der Waals surface area contributed by atoms with Crippen LogP contribution in [0.5, 0.6) is 0 Å². The molecule has 0 amide bonds. The summed E-state index contributed by atoms with van der Waals surface area (Å²) in [5.74, 6) is 0.630. The standard InChI is InChI=1S/C7H13N5/c1-5-6(9)7(10-4-8)12(3)11(5)2/h4H,1,9H2,2-3H3,(H2,8,10). The van der Waals surface area contributed by atoms with Crippen LogP contribution in [-0.2, 0) is 0 Å². The van der Waals surface area contributed by atoms with E-state index in [4.69, 9.17) is 11.5 Å². The Balaban J connectivity index is 3.04. The average molecular weight is 167 g/mol. The minimum atomic E-state index is 0.557. The largest absolute Gasteiger partial charge is 0.394 e. The van der Waals surface area contributed by atoms with Crippen LogP contribution in [-0.4, -0.2) is 30.5 Å². The second kappa shape index (κ2) is 2.77. The zero-order valence-electron chi connectivity index (χ0n) is 7.28. The van der Waals surface area contributed by atoms with Crippen molar-refractivity contribution in [1.82, 2.24) is 10.0 Å². The normalized spacial score (nSPS) is 18.7. The molecule has 0 fully saturated rings. The smallest absolute Gasteiger partial charge is 0.174 e. The van der Waals surface area contributed by atoms with Gasteiger partial charge in [-0.2, -0.15) is 0 Å². The summed E-state index contributed by atoms with van der Waals surface area (Å²) in [6, 6.07) is 0. The molecule has 12 heavy (non-hydrogen) atoms. The second-order valence-corrected chi connectivity index (χ2v) is 2.51. The van der Waals surface area contributed by atoms with Crippen molar-refractivity contribution >= 4 is 6.34 Å². The molecular weight excluding hydrogens is 154 g/mol. The predicted molar refractivity (Wildman–Crippen MR) is 48.6 cm³/mol. The first kappa shape index (κ1) is 8.45. The molecule has 0 aliphatic carbocycles. The lowest BCUT2D eigenvalue weighted by molar-refractivity contribution is 0.132. The van der Waals surface area contributed by atoms with Crippen molar-refractivity contribution in [2.24, 2.45) is 16.5 Å². The molecule has 0 aromatic carbocycles. The Hall–Kier alpha value is -1.65. The highest BCUT2D eigenvalue weighted by Gasteiger charge is 2.24. The van der Waals surface area contributed by atoms with Crippen LogP contribution in [0.25, 0.3) is 0 Å². The quantitative estimate of drug-likeness (QED) is 0.404. The first-order valence-corrected chi connectivity index (χ1v) is 3.50. The lowest BCUT2D eigenvalue weighted by Gasteiger charge is -2.24. The molecule has 0 saturated heterocycles. The fraction of sp³-hybridized carbons (Fsp3) is 0.286. The molecule has 0 saturated carbocycles. The number of hydrogen-bond donors (Lipinski definition) is 2. The van der Waals surface area contributed by atoms with Gasteiger partial charge in [0.25, 0.3) is 0 Å². The highest BCUT2D eigenvalue weighted by atomic mass is 15.7. The second-order valence-electron chi connectivity index (χ2n) is 2.51. The number of rotatable bonds is 1. The molecule has 0 bridgehead atoms. The minimum absolute atomic E-state index is 0.557. The Morgan fingerprint density at radius 1 is 1.42 bits per heavy atom. The molecular formula is C7H13N5. The van der Waals surface area contributed by atoms with Crippen molar-refractivity contribution in [3.63, 3.8) is 0 Å². The molecule has 0 unspecified atom stereocenters. The van der Waals surface area contributed by atoms with Gasteiger partial charge in [0, 0.05) is 14.1 Å². The molecule has 1 heterocycles. The Kier molecular flexibility index (Phi) is 1.95. The Labute approximate surface area is 71.6 Å². The van der Waals surface area contributed by atoms with Crippen LogP contribution in [0.3, 0.4) is 0 Å². The Morgan fingerprint density at radius 3 is 2.33 bits per heavy atom. The van der Waals surface area contributed by atoms with E-state index in [1.807, 2.05) is 14.1 Å². The third kappa shape index (κ3) is 0.990. The molecule has 0 radical (unpaired) electrons. The van der Waals surface area contributed by atoms with Crippen LogP contribution in [0.15, 0.2) is 28.8 Å². The van der Waals surface area contributed by atoms with Gasteiger partial charge in [-0.1, -0.05) is 6.58 Å². The van der Waals surface area contributed by atoms with E-state index < -0.39 is 0 Å². The minimum Gasteiger partial charge on any atom is -0.394 e. The van der Waals surface area contributed by atoms with Crippen molar-refractivity contribution in [2.75, 3.05) is 14.1 Å². The van der Waals surface area contributed by atoms with Gasteiger partial charge >= 0.3 is 0 Å². The van der Waals surface area contributed by atoms with Gasteiger partial charge in [-0.15, -0.1) is 0 Å². The number of likely N-dealkylation sites (N-methyl/N-ethyl adjacent to an activating group) is 1. The number of aliphatic imine (C=N–C) groups is 1. The van der Waals surface area contributed by atoms with Crippen LogP contribution in [0.4, 0.5) is 0 Å². The number of nitrogens with zero attached hydrogens (tertiary/aromatic N) is 3. The number of nitrogens with two attached hydrogens (primary N) is 2. The molecule has 5 nitrogen and oxygen atoms in total. The maximum atomic E-state index is 5.72. The van der Waals surface area contributed by atoms with Crippen LogP contribution >= 0.6 is 0 Å². The van der Waals surface area contributed by atoms with E-state index in [2.05, 4.69) is 11.6 Å². The first-order chi connectivity index (χ1) is 5.59. The molecule has 1 aliphatic heterocycles. The zero-order chi connectivity index (χ0) is 9.30. The molecule has 1 rings (SSSR count). The fourth-order valence-electron chi connectivity index (χ4n) is 1.02. The summed E-state index contributed by atoms with van der Waals surface area (Å²) >= 11 is 0. The molecule has 5 heteroatoms. The van der Waals surface area contributed by atoms with Gasteiger partial charge in [-0.05, 0) is 0 Å². The van der Waals surface area contributed by atoms with Gasteiger partial charge in [0.15, 0.2) is 5.82 Å². The average Bonchev–Trinajstić information content (AvgIpc) is 2.23. The summed E-state index contributed by atoms with van der Waals surface area (Å²) in [4.78, 5) is 3.92. The maximum absolute atomic E-state index is 5.72. The SMILES string of the molecule is C=C1C(N)=C(N=CN)N(C)N1C. The van der Waals surface area contributed by atoms with E-state index in [0.29, 0.717) is 11.5 Å². The van der Waals surface area contributed by atoms with Crippen LogP contribution < -0.4 is 11.5 Å². The predicted octanol–water partition coefficient (Wildman–Crippen LogP) is -0.593.